The van der Waals surface area contributed by atoms with E-state index in [1.54, 1.807) is 27.6 Å². The zero-order valence-electron chi connectivity index (χ0n) is 25.3. The SMILES string of the molecule is C=CCCCCOC(=O)[C@H]1[C@H]2C(=O)N([C@@H](CO)[C@@H](C)CC)C(C(=O)N(CC=C)c3c(C)cccc3C)C23CC(Br)[C@@H]1S3. The molecule has 2 bridgehead atoms. The van der Waals surface area contributed by atoms with E-state index in [0.717, 1.165) is 42.5 Å². The van der Waals surface area contributed by atoms with Crippen LogP contribution in [0, 0.1) is 31.6 Å². The summed E-state index contributed by atoms with van der Waals surface area (Å²) in [6, 6.07) is 4.52. The number of rotatable bonds is 14. The van der Waals surface area contributed by atoms with Gasteiger partial charge in [-0.1, -0.05) is 66.5 Å². The van der Waals surface area contributed by atoms with Crippen LogP contribution in [0.1, 0.15) is 57.1 Å². The van der Waals surface area contributed by atoms with Gasteiger partial charge < -0.3 is 19.6 Å². The van der Waals surface area contributed by atoms with Gasteiger partial charge in [0.25, 0.3) is 5.91 Å². The monoisotopic (exact) mass is 660 g/mol. The first-order chi connectivity index (χ1) is 20.1. The molecule has 230 valence electrons. The second-order valence-corrected chi connectivity index (χ2v) is 14.7. The quantitative estimate of drug-likeness (QED) is 0.121. The zero-order valence-corrected chi connectivity index (χ0v) is 27.7. The van der Waals surface area contributed by atoms with Crippen LogP contribution in [0.3, 0.4) is 0 Å². The van der Waals surface area contributed by atoms with E-state index in [-0.39, 0.29) is 46.9 Å². The molecule has 1 aromatic carbocycles. The molecule has 0 radical (unpaired) electrons. The Balaban J connectivity index is 1.80. The number of likely N-dealkylation sites (tertiary alicyclic amines) is 1. The van der Waals surface area contributed by atoms with Crippen molar-refractivity contribution in [2.45, 2.75) is 86.7 Å². The Kier molecular flexibility index (Phi) is 10.7. The summed E-state index contributed by atoms with van der Waals surface area (Å²) in [4.78, 5) is 46.5. The Labute approximate surface area is 263 Å². The van der Waals surface area contributed by atoms with E-state index in [9.17, 15) is 19.5 Å². The molecule has 2 amide bonds. The maximum Gasteiger partial charge on any atom is 0.310 e. The van der Waals surface area contributed by atoms with E-state index in [1.807, 2.05) is 52.0 Å². The topological polar surface area (TPSA) is 87.1 Å². The fourth-order valence-corrected chi connectivity index (χ4v) is 10.8. The van der Waals surface area contributed by atoms with Crippen LogP contribution in [-0.4, -0.2) is 74.5 Å². The number of nitrogens with zero attached hydrogens (tertiary/aromatic N) is 2. The highest BCUT2D eigenvalue weighted by atomic mass is 79.9. The molecule has 3 saturated heterocycles. The lowest BCUT2D eigenvalue weighted by Gasteiger charge is -2.41. The molecule has 9 heteroatoms. The Hall–Kier alpha value is -2.10. The summed E-state index contributed by atoms with van der Waals surface area (Å²) in [5, 5.41) is 10.5. The lowest BCUT2D eigenvalue weighted by atomic mass is 9.71. The molecular weight excluding hydrogens is 616 g/mol. The number of thioether (sulfide) groups is 1. The Bertz CT molecular complexity index is 1190. The number of hydrogen-bond donors (Lipinski definition) is 1. The van der Waals surface area contributed by atoms with Crippen LogP contribution in [0.15, 0.2) is 43.5 Å². The summed E-state index contributed by atoms with van der Waals surface area (Å²) in [5.41, 5.74) is 2.72. The van der Waals surface area contributed by atoms with Crippen molar-refractivity contribution in [3.05, 3.63) is 54.6 Å². The average Bonchev–Trinajstić information content (AvgIpc) is 3.55. The summed E-state index contributed by atoms with van der Waals surface area (Å²) in [5.74, 6) is -2.20. The maximum atomic E-state index is 15.0. The van der Waals surface area contributed by atoms with Crippen LogP contribution < -0.4 is 4.90 Å². The molecule has 8 atom stereocenters. The number of carbonyl (C=O) groups excluding carboxylic acids is 3. The molecule has 1 N–H and O–H groups in total. The van der Waals surface area contributed by atoms with Crippen LogP contribution in [0.5, 0.6) is 0 Å². The van der Waals surface area contributed by atoms with E-state index in [0.29, 0.717) is 13.0 Å². The number of benzene rings is 1. The highest BCUT2D eigenvalue weighted by Crippen LogP contribution is 2.68. The first-order valence-corrected chi connectivity index (χ1v) is 16.9. The lowest BCUT2D eigenvalue weighted by molar-refractivity contribution is -0.154. The van der Waals surface area contributed by atoms with E-state index in [4.69, 9.17) is 4.74 Å². The number of anilines is 1. The van der Waals surface area contributed by atoms with Crippen molar-refractivity contribution in [3.63, 3.8) is 0 Å². The van der Waals surface area contributed by atoms with Gasteiger partial charge in [0, 0.05) is 22.3 Å². The number of alkyl halides is 1. The fourth-order valence-electron chi connectivity index (χ4n) is 7.25. The van der Waals surface area contributed by atoms with Gasteiger partial charge in [0.15, 0.2) is 0 Å². The molecule has 7 nitrogen and oxygen atoms in total. The first kappa shape index (κ1) is 32.8. The molecule has 3 aliphatic heterocycles. The number of allylic oxidation sites excluding steroid dienone is 1. The van der Waals surface area contributed by atoms with Gasteiger partial charge in [-0.2, -0.15) is 0 Å². The number of amides is 2. The molecule has 0 saturated carbocycles. The first-order valence-electron chi connectivity index (χ1n) is 15.1. The van der Waals surface area contributed by atoms with Crippen LogP contribution in [-0.2, 0) is 19.1 Å². The molecule has 3 unspecified atom stereocenters. The second-order valence-electron chi connectivity index (χ2n) is 12.0. The van der Waals surface area contributed by atoms with Gasteiger partial charge in [0.1, 0.15) is 6.04 Å². The summed E-state index contributed by atoms with van der Waals surface area (Å²) in [6.45, 7) is 16.0. The van der Waals surface area contributed by atoms with E-state index >= 15 is 0 Å². The van der Waals surface area contributed by atoms with Crippen molar-refractivity contribution in [1.29, 1.82) is 0 Å². The third-order valence-electron chi connectivity index (χ3n) is 9.41. The van der Waals surface area contributed by atoms with Gasteiger partial charge in [0.05, 0.1) is 35.8 Å². The van der Waals surface area contributed by atoms with Gasteiger partial charge >= 0.3 is 5.97 Å². The van der Waals surface area contributed by atoms with Crippen molar-refractivity contribution >= 4 is 51.2 Å². The number of fused-ring (bicyclic) bond motifs is 1. The Morgan fingerprint density at radius 2 is 1.95 bits per heavy atom. The standard InChI is InChI=1S/C33H45BrN2O5S/c1-7-10-11-12-17-41-32(40)25-26-30(38)36(24(19-37)20(4)9-3)29(33(26)18-23(34)28(25)42-33)31(39)35(16-8-2)27-21(5)14-13-15-22(27)6/h7-8,13-15,20,23-26,28-29,37H,1-2,9-12,16-19H2,3-6H3/t20-,23?,24-,25-,26-,28-,29?,33?/m0/s1. The van der Waals surface area contributed by atoms with E-state index < -0.39 is 28.7 Å². The molecule has 0 aliphatic carbocycles. The summed E-state index contributed by atoms with van der Waals surface area (Å²) in [6.07, 6.45) is 7.31. The molecular formula is C33H45BrN2O5S. The third-order valence-corrected chi connectivity index (χ3v) is 12.6. The maximum absolute atomic E-state index is 15.0. The Morgan fingerprint density at radius 3 is 2.55 bits per heavy atom. The number of carbonyl (C=O) groups is 3. The lowest BCUT2D eigenvalue weighted by Crippen LogP contribution is -2.59. The zero-order chi connectivity index (χ0) is 30.8. The predicted octanol–water partition coefficient (Wildman–Crippen LogP) is 5.59. The van der Waals surface area contributed by atoms with E-state index in [2.05, 4.69) is 29.1 Å². The largest absolute Gasteiger partial charge is 0.465 e. The molecule has 3 fully saturated rings. The smallest absolute Gasteiger partial charge is 0.310 e. The summed E-state index contributed by atoms with van der Waals surface area (Å²) < 4.78 is 4.94. The van der Waals surface area contributed by atoms with Crippen LogP contribution in [0.4, 0.5) is 5.69 Å². The van der Waals surface area contributed by atoms with Gasteiger partial charge in [-0.3, -0.25) is 14.4 Å². The van der Waals surface area contributed by atoms with Gasteiger partial charge in [-0.25, -0.2) is 0 Å². The number of aliphatic hydroxyl groups is 1. The van der Waals surface area contributed by atoms with Crippen LogP contribution in [0.25, 0.3) is 0 Å². The molecule has 0 aromatic heterocycles. The third kappa shape index (κ3) is 5.61. The number of hydrogen-bond acceptors (Lipinski definition) is 6. The van der Waals surface area contributed by atoms with Crippen molar-refractivity contribution in [3.8, 4) is 0 Å². The van der Waals surface area contributed by atoms with Gasteiger partial charge in [-0.05, 0) is 56.6 Å². The minimum absolute atomic E-state index is 0.0465. The predicted molar refractivity (Wildman–Crippen MR) is 173 cm³/mol. The number of unbranched alkanes of at least 4 members (excludes halogenated alkanes) is 2. The molecule has 1 spiro atoms. The normalized spacial score (nSPS) is 29.2. The number of aryl methyl sites for hydroxylation is 2. The van der Waals surface area contributed by atoms with E-state index in [1.165, 1.54) is 0 Å². The van der Waals surface area contributed by atoms with Crippen molar-refractivity contribution in [1.82, 2.24) is 4.90 Å². The highest BCUT2D eigenvalue weighted by Gasteiger charge is 2.77. The highest BCUT2D eigenvalue weighted by molar-refractivity contribution is 9.09. The number of halogens is 1. The molecule has 1 aromatic rings. The number of ether oxygens (including phenoxy) is 1. The average molecular weight is 662 g/mol. The number of aliphatic hydroxyl groups excluding tert-OH is 1. The molecule has 4 rings (SSSR count). The number of esters is 1. The summed E-state index contributed by atoms with van der Waals surface area (Å²) >= 11 is 5.42. The van der Waals surface area contributed by atoms with Gasteiger partial charge in [0.2, 0.25) is 5.91 Å². The summed E-state index contributed by atoms with van der Waals surface area (Å²) in [7, 11) is 0. The second kappa shape index (κ2) is 13.7. The minimum atomic E-state index is -0.847. The number of para-hydroxylation sites is 1. The van der Waals surface area contributed by atoms with Crippen LogP contribution in [0.2, 0.25) is 0 Å². The minimum Gasteiger partial charge on any atom is -0.465 e. The van der Waals surface area contributed by atoms with Crippen LogP contribution >= 0.6 is 27.7 Å². The fraction of sp³-hybridized carbons (Fsp3) is 0.606. The molecule has 42 heavy (non-hydrogen) atoms. The molecule has 3 heterocycles. The van der Waals surface area contributed by atoms with Crippen molar-refractivity contribution in [2.24, 2.45) is 17.8 Å². The van der Waals surface area contributed by atoms with Gasteiger partial charge in [-0.15, -0.1) is 24.9 Å². The van der Waals surface area contributed by atoms with Crippen molar-refractivity contribution in [2.75, 3.05) is 24.7 Å². The molecule has 3 aliphatic rings. The van der Waals surface area contributed by atoms with Crippen molar-refractivity contribution < 1.29 is 24.2 Å². The Morgan fingerprint density at radius 1 is 1.26 bits per heavy atom.